The molecule has 0 aliphatic heterocycles. The molecule has 0 aromatic rings. The molecule has 282 valence electrons. The highest BCUT2D eigenvalue weighted by Gasteiger charge is 2.52. The third-order valence-corrected chi connectivity index (χ3v) is 11.3. The summed E-state index contributed by atoms with van der Waals surface area (Å²) in [5, 5.41) is 22.6. The fourth-order valence-electron chi connectivity index (χ4n) is 7.49. The first-order chi connectivity index (χ1) is 23.3. The van der Waals surface area contributed by atoms with Gasteiger partial charge in [-0.3, -0.25) is 9.59 Å². The molecule has 0 spiro atoms. The van der Waals surface area contributed by atoms with Crippen LogP contribution in [0.4, 0.5) is 0 Å². The normalized spacial score (nSPS) is 23.3. The van der Waals surface area contributed by atoms with Crippen LogP contribution in [0, 0.1) is 11.3 Å². The summed E-state index contributed by atoms with van der Waals surface area (Å²) in [6.07, 6.45) is 28.1. The molecule has 2 N–H and O–H groups in total. The Kier molecular flexibility index (Phi) is 23.0. The molecule has 5 heteroatoms. The van der Waals surface area contributed by atoms with E-state index in [9.17, 15) is 19.8 Å². The molecule has 5 nitrogen and oxygen atoms in total. The minimum Gasteiger partial charge on any atom is -0.466 e. The zero-order valence-electron chi connectivity index (χ0n) is 33.1. The second-order valence-electron chi connectivity index (χ2n) is 15.8. The summed E-state index contributed by atoms with van der Waals surface area (Å²) in [4.78, 5) is 24.4. The maximum absolute atomic E-state index is 12.5. The second kappa shape index (κ2) is 25.1. The Morgan fingerprint density at radius 1 is 0.857 bits per heavy atom. The third kappa shape index (κ3) is 17.7. The number of carbonyl (C=O) groups excluding carboxylic acids is 2. The average Bonchev–Trinajstić information content (AvgIpc) is 3.05. The lowest BCUT2D eigenvalue weighted by molar-refractivity contribution is -0.144. The van der Waals surface area contributed by atoms with Crippen LogP contribution in [0.25, 0.3) is 0 Å². The van der Waals surface area contributed by atoms with Gasteiger partial charge in [-0.25, -0.2) is 0 Å². The van der Waals surface area contributed by atoms with E-state index in [1.165, 1.54) is 68.9 Å². The highest BCUT2D eigenvalue weighted by Crippen LogP contribution is 2.55. The number of hydrogen-bond donors (Lipinski definition) is 2. The molecule has 1 aliphatic rings. The summed E-state index contributed by atoms with van der Waals surface area (Å²) in [6.45, 7) is 17.0. The van der Waals surface area contributed by atoms with Crippen LogP contribution < -0.4 is 0 Å². The van der Waals surface area contributed by atoms with Gasteiger partial charge in [-0.1, -0.05) is 113 Å². The van der Waals surface area contributed by atoms with Gasteiger partial charge in [0.15, 0.2) is 0 Å². The van der Waals surface area contributed by atoms with Gasteiger partial charge in [0.2, 0.25) is 0 Å². The maximum atomic E-state index is 12.5. The maximum Gasteiger partial charge on any atom is 0.305 e. The molecular weight excluding hydrogens is 608 g/mol. The van der Waals surface area contributed by atoms with Gasteiger partial charge in [0.25, 0.3) is 0 Å². The van der Waals surface area contributed by atoms with Crippen LogP contribution in [0.3, 0.4) is 0 Å². The summed E-state index contributed by atoms with van der Waals surface area (Å²) in [7, 11) is 0. The first-order valence-electron chi connectivity index (χ1n) is 20.0. The van der Waals surface area contributed by atoms with Crippen LogP contribution in [0.1, 0.15) is 190 Å². The van der Waals surface area contributed by atoms with E-state index in [0.29, 0.717) is 38.7 Å². The van der Waals surface area contributed by atoms with Crippen LogP contribution in [-0.2, 0) is 14.3 Å². The van der Waals surface area contributed by atoms with Crippen molar-refractivity contribution in [3.63, 3.8) is 0 Å². The number of unbranched alkanes of at least 4 members (excludes halogenated alkanes) is 10. The molecular formula is C44H76O5. The minimum atomic E-state index is -0.901. The van der Waals surface area contributed by atoms with Gasteiger partial charge in [-0.05, 0) is 123 Å². The number of aliphatic hydroxyl groups is 2. The second-order valence-corrected chi connectivity index (χ2v) is 15.8. The monoisotopic (exact) mass is 685 g/mol. The molecule has 0 saturated heterocycles. The van der Waals surface area contributed by atoms with Gasteiger partial charge in [-0.15, -0.1) is 0 Å². The number of hydrogen-bond acceptors (Lipinski definition) is 5. The van der Waals surface area contributed by atoms with E-state index in [2.05, 4.69) is 52.8 Å². The highest BCUT2D eigenvalue weighted by molar-refractivity contribution is 5.74. The topological polar surface area (TPSA) is 83.8 Å². The Bertz CT molecular complexity index is 1070. The molecule has 1 rings (SSSR count). The van der Waals surface area contributed by atoms with Crippen LogP contribution >= 0.6 is 0 Å². The van der Waals surface area contributed by atoms with E-state index in [1.807, 2.05) is 20.8 Å². The predicted octanol–water partition coefficient (Wildman–Crippen LogP) is 11.9. The first kappa shape index (κ1) is 45.0. The van der Waals surface area contributed by atoms with E-state index in [-0.39, 0.29) is 11.9 Å². The van der Waals surface area contributed by atoms with Crippen molar-refractivity contribution in [3.8, 4) is 0 Å². The number of esters is 1. The molecule has 0 amide bonds. The van der Waals surface area contributed by atoms with Crippen molar-refractivity contribution < 1.29 is 24.5 Å². The molecule has 1 saturated carbocycles. The van der Waals surface area contributed by atoms with E-state index in [1.54, 1.807) is 0 Å². The van der Waals surface area contributed by atoms with Crippen molar-refractivity contribution in [1.82, 2.24) is 0 Å². The molecule has 0 radical (unpaired) electrons. The molecule has 0 bridgehead atoms. The van der Waals surface area contributed by atoms with Gasteiger partial charge in [0, 0.05) is 11.8 Å². The summed E-state index contributed by atoms with van der Waals surface area (Å²) in [5.74, 6) is -0.108. The number of ether oxygens (including phenoxy) is 1. The number of allylic oxidation sites excluding steroid dienone is 6. The molecule has 4 atom stereocenters. The minimum absolute atomic E-state index is 0.0109. The Balaban J connectivity index is 2.67. The molecule has 49 heavy (non-hydrogen) atoms. The smallest absolute Gasteiger partial charge is 0.305 e. The third-order valence-electron chi connectivity index (χ3n) is 11.3. The summed E-state index contributed by atoms with van der Waals surface area (Å²) in [6, 6.07) is 0. The molecule has 0 aromatic carbocycles. The lowest BCUT2D eigenvalue weighted by Crippen LogP contribution is -2.52. The van der Waals surface area contributed by atoms with Crippen molar-refractivity contribution in [2.75, 3.05) is 6.61 Å². The van der Waals surface area contributed by atoms with Crippen LogP contribution in [0.15, 0.2) is 46.1 Å². The van der Waals surface area contributed by atoms with Crippen LogP contribution in [0.5, 0.6) is 0 Å². The van der Waals surface area contributed by atoms with Gasteiger partial charge in [0.1, 0.15) is 6.29 Å². The highest BCUT2D eigenvalue weighted by atomic mass is 16.5. The fourth-order valence-corrected chi connectivity index (χ4v) is 7.49. The lowest BCUT2D eigenvalue weighted by atomic mass is 9.54. The van der Waals surface area contributed by atoms with Crippen molar-refractivity contribution in [3.05, 3.63) is 46.1 Å². The van der Waals surface area contributed by atoms with Crippen molar-refractivity contribution >= 4 is 12.3 Å². The summed E-state index contributed by atoms with van der Waals surface area (Å²) < 4.78 is 5.65. The van der Waals surface area contributed by atoms with Crippen LogP contribution in [-0.4, -0.2) is 40.8 Å². The lowest BCUT2D eigenvalue weighted by Gasteiger charge is -2.53. The van der Waals surface area contributed by atoms with Gasteiger partial charge in [-0.2, -0.15) is 0 Å². The number of carbonyl (C=O) groups is 2. The molecule has 1 aliphatic carbocycles. The number of aliphatic hydroxyl groups excluding tert-OH is 1. The van der Waals surface area contributed by atoms with E-state index < -0.39 is 17.1 Å². The molecule has 0 aromatic heterocycles. The molecule has 1 fully saturated rings. The van der Waals surface area contributed by atoms with Crippen molar-refractivity contribution in [2.24, 2.45) is 11.3 Å². The summed E-state index contributed by atoms with van der Waals surface area (Å²) in [5.41, 5.74) is 4.10. The Hall–Kier alpha value is -1.98. The van der Waals surface area contributed by atoms with E-state index >= 15 is 0 Å². The van der Waals surface area contributed by atoms with Crippen LogP contribution in [0.2, 0.25) is 0 Å². The standard InChI is InChI=1S/C44H76O5/c1-9-10-11-12-13-14-15-16-17-18-19-27-42(47)49-33-22-26-40-39(38(6)34-45)30-32-44(8,48)43(40,7)31-21-25-37(5)41(46)29-28-36(4)24-20-23-35(2)3/h23,25,28,34,40-41,46,48H,9-22,24,26-27,29-33H2,1-8H3. The fraction of sp³-hybridized carbons (Fsp3) is 0.773. The SMILES string of the molecule is CCCCCCCCCCCCCC(=O)OCCCC1C(=C(C)C=O)CCC(C)(O)C1(C)CCC=C(C)C(O)CC=C(C)CCC=C(C)C. The first-order valence-corrected chi connectivity index (χ1v) is 20.0. The zero-order chi connectivity index (χ0) is 36.7. The average molecular weight is 685 g/mol. The van der Waals surface area contributed by atoms with Crippen molar-refractivity contribution in [1.29, 1.82) is 0 Å². The van der Waals surface area contributed by atoms with Crippen molar-refractivity contribution in [2.45, 2.75) is 202 Å². The largest absolute Gasteiger partial charge is 0.466 e. The van der Waals surface area contributed by atoms with E-state index in [4.69, 9.17) is 4.74 Å². The van der Waals surface area contributed by atoms with Gasteiger partial charge in [0.05, 0.1) is 18.3 Å². The predicted molar refractivity (Wildman–Crippen MR) is 208 cm³/mol. The quantitative estimate of drug-likeness (QED) is 0.0311. The van der Waals surface area contributed by atoms with E-state index in [0.717, 1.165) is 68.0 Å². The van der Waals surface area contributed by atoms with Gasteiger partial charge < -0.3 is 14.9 Å². The molecule has 0 heterocycles. The van der Waals surface area contributed by atoms with Gasteiger partial charge >= 0.3 is 5.97 Å². The Morgan fingerprint density at radius 2 is 1.47 bits per heavy atom. The Morgan fingerprint density at radius 3 is 2.06 bits per heavy atom. The molecule has 4 unspecified atom stereocenters. The number of aldehydes is 1. The summed E-state index contributed by atoms with van der Waals surface area (Å²) >= 11 is 0. The Labute approximate surface area is 302 Å². The zero-order valence-corrected chi connectivity index (χ0v) is 33.1. The number of rotatable bonds is 26.